The summed E-state index contributed by atoms with van der Waals surface area (Å²) in [6.07, 6.45) is 3.27. The molecule has 5 nitrogen and oxygen atoms in total. The van der Waals surface area contributed by atoms with Crippen molar-refractivity contribution in [2.24, 2.45) is 0 Å². The quantitative estimate of drug-likeness (QED) is 0.795. The van der Waals surface area contributed by atoms with Crippen LogP contribution in [0.1, 0.15) is 15.9 Å². The van der Waals surface area contributed by atoms with E-state index in [9.17, 15) is 4.79 Å². The highest BCUT2D eigenvalue weighted by atomic mass is 16.5. The minimum atomic E-state index is -1.00. The lowest BCUT2D eigenvalue weighted by molar-refractivity contribution is 0.0692. The Hall–Kier alpha value is -2.95. The van der Waals surface area contributed by atoms with E-state index < -0.39 is 5.97 Å². The van der Waals surface area contributed by atoms with Gasteiger partial charge in [0.05, 0.1) is 11.0 Å². The summed E-state index contributed by atoms with van der Waals surface area (Å²) >= 11 is 0. The molecule has 3 rings (SSSR count). The van der Waals surface area contributed by atoms with Gasteiger partial charge in [-0.1, -0.05) is 18.2 Å². The minimum absolute atomic E-state index is 0.151. The second-order valence-electron chi connectivity index (χ2n) is 4.47. The van der Waals surface area contributed by atoms with Gasteiger partial charge in [-0.05, 0) is 29.8 Å². The molecule has 0 aliphatic rings. The Kier molecular flexibility index (Phi) is 3.47. The van der Waals surface area contributed by atoms with Gasteiger partial charge in [0.2, 0.25) is 0 Å². The van der Waals surface area contributed by atoms with Gasteiger partial charge in [0, 0.05) is 12.4 Å². The molecule has 0 fully saturated rings. The molecule has 5 heteroatoms. The number of nitrogens with zero attached hydrogens (tertiary/aromatic N) is 2. The molecule has 0 aliphatic carbocycles. The maximum atomic E-state index is 11.1. The number of aromatic nitrogens is 2. The number of ether oxygens (including phenoxy) is 1. The molecule has 0 saturated carbocycles. The van der Waals surface area contributed by atoms with Crippen molar-refractivity contribution in [1.29, 1.82) is 0 Å². The van der Waals surface area contributed by atoms with E-state index in [1.807, 2.05) is 18.2 Å². The summed E-state index contributed by atoms with van der Waals surface area (Å²) in [7, 11) is 0. The molecular formula is C16H12N2O3. The first-order valence-corrected chi connectivity index (χ1v) is 6.39. The van der Waals surface area contributed by atoms with Crippen LogP contribution in [-0.4, -0.2) is 21.0 Å². The highest BCUT2D eigenvalue weighted by Crippen LogP contribution is 2.20. The maximum Gasteiger partial charge on any atom is 0.339 e. The summed E-state index contributed by atoms with van der Waals surface area (Å²) in [5.41, 5.74) is 2.65. The highest BCUT2D eigenvalue weighted by Gasteiger charge is 2.10. The average molecular weight is 280 g/mol. The lowest BCUT2D eigenvalue weighted by atomic mass is 10.2. The monoisotopic (exact) mass is 280 g/mol. The van der Waals surface area contributed by atoms with Gasteiger partial charge in [0.25, 0.3) is 0 Å². The molecule has 0 amide bonds. The van der Waals surface area contributed by atoms with Crippen LogP contribution in [0.25, 0.3) is 11.0 Å². The molecule has 0 atom stereocenters. The number of carboxylic acid groups (broad SMARTS) is 1. The van der Waals surface area contributed by atoms with Crippen molar-refractivity contribution < 1.29 is 14.6 Å². The molecule has 0 spiro atoms. The normalized spacial score (nSPS) is 10.5. The Bertz CT molecular complexity index is 802. The number of hydrogen-bond acceptors (Lipinski definition) is 4. The average Bonchev–Trinajstić information content (AvgIpc) is 2.53. The van der Waals surface area contributed by atoms with Crippen molar-refractivity contribution >= 4 is 17.0 Å². The Morgan fingerprint density at radius 2 is 1.81 bits per heavy atom. The van der Waals surface area contributed by atoms with Crippen molar-refractivity contribution in [3.8, 4) is 5.75 Å². The van der Waals surface area contributed by atoms with E-state index in [0.29, 0.717) is 5.75 Å². The largest absolute Gasteiger partial charge is 0.488 e. The maximum absolute atomic E-state index is 11.1. The van der Waals surface area contributed by atoms with Gasteiger partial charge in [-0.2, -0.15) is 0 Å². The number of carbonyl (C=O) groups is 1. The lowest BCUT2D eigenvalue weighted by Gasteiger charge is -2.09. The molecule has 1 heterocycles. The standard InChI is InChI=1S/C16H12N2O3/c19-16(20)12-3-1-2-4-15(12)21-10-11-5-6-13-14(9-11)18-8-7-17-13/h1-9H,10H2,(H,19,20). The second-order valence-corrected chi connectivity index (χ2v) is 4.47. The number of hydrogen-bond donors (Lipinski definition) is 1. The Morgan fingerprint density at radius 1 is 1.05 bits per heavy atom. The van der Waals surface area contributed by atoms with Gasteiger partial charge in [0.15, 0.2) is 0 Å². The van der Waals surface area contributed by atoms with Gasteiger partial charge in [-0.25, -0.2) is 4.79 Å². The van der Waals surface area contributed by atoms with Crippen LogP contribution in [0.5, 0.6) is 5.75 Å². The van der Waals surface area contributed by atoms with Crippen molar-refractivity contribution in [2.75, 3.05) is 0 Å². The molecule has 21 heavy (non-hydrogen) atoms. The number of rotatable bonds is 4. The topological polar surface area (TPSA) is 72.3 Å². The summed E-state index contributed by atoms with van der Waals surface area (Å²) < 4.78 is 5.60. The Labute approximate surface area is 120 Å². The zero-order valence-corrected chi connectivity index (χ0v) is 11.1. The van der Waals surface area contributed by atoms with E-state index in [0.717, 1.165) is 16.6 Å². The first kappa shape index (κ1) is 13.1. The van der Waals surface area contributed by atoms with E-state index >= 15 is 0 Å². The van der Waals surface area contributed by atoms with Crippen LogP contribution < -0.4 is 4.74 Å². The summed E-state index contributed by atoms with van der Waals surface area (Å²) in [6.45, 7) is 0.275. The molecule has 2 aromatic carbocycles. The number of carboxylic acids is 1. The first-order chi connectivity index (χ1) is 10.2. The third-order valence-electron chi connectivity index (χ3n) is 3.05. The Balaban J connectivity index is 1.82. The molecule has 0 bridgehead atoms. The van der Waals surface area contributed by atoms with Crippen molar-refractivity contribution in [3.63, 3.8) is 0 Å². The van der Waals surface area contributed by atoms with Gasteiger partial charge >= 0.3 is 5.97 Å². The summed E-state index contributed by atoms with van der Waals surface area (Å²) in [4.78, 5) is 19.5. The first-order valence-electron chi connectivity index (χ1n) is 6.39. The molecule has 3 aromatic rings. The number of para-hydroxylation sites is 1. The van der Waals surface area contributed by atoms with E-state index in [4.69, 9.17) is 9.84 Å². The fourth-order valence-corrected chi connectivity index (χ4v) is 2.03. The summed E-state index contributed by atoms with van der Waals surface area (Å²) in [6, 6.07) is 12.2. The second kappa shape index (κ2) is 5.58. The molecular weight excluding hydrogens is 268 g/mol. The van der Waals surface area contributed by atoms with Crippen LogP contribution in [0, 0.1) is 0 Å². The molecule has 1 aromatic heterocycles. The van der Waals surface area contributed by atoms with E-state index in [2.05, 4.69) is 9.97 Å². The third kappa shape index (κ3) is 2.81. The van der Waals surface area contributed by atoms with Crippen LogP contribution in [0.3, 0.4) is 0 Å². The zero-order valence-electron chi connectivity index (χ0n) is 11.1. The van der Waals surface area contributed by atoms with Crippen LogP contribution in [0.15, 0.2) is 54.9 Å². The number of aromatic carboxylic acids is 1. The van der Waals surface area contributed by atoms with Gasteiger partial charge in [-0.3, -0.25) is 9.97 Å². The molecule has 0 aliphatic heterocycles. The van der Waals surface area contributed by atoms with E-state index in [1.165, 1.54) is 6.07 Å². The van der Waals surface area contributed by atoms with E-state index in [1.54, 1.807) is 30.6 Å². The van der Waals surface area contributed by atoms with Gasteiger partial charge in [-0.15, -0.1) is 0 Å². The van der Waals surface area contributed by atoms with Crippen molar-refractivity contribution in [3.05, 3.63) is 66.0 Å². The van der Waals surface area contributed by atoms with Crippen LogP contribution in [0.2, 0.25) is 0 Å². The summed E-state index contributed by atoms with van der Waals surface area (Å²) in [5, 5.41) is 9.11. The fourth-order valence-electron chi connectivity index (χ4n) is 2.03. The number of benzene rings is 2. The SMILES string of the molecule is O=C(O)c1ccccc1OCc1ccc2nccnc2c1. The van der Waals surface area contributed by atoms with E-state index in [-0.39, 0.29) is 12.2 Å². The third-order valence-corrected chi connectivity index (χ3v) is 3.05. The van der Waals surface area contributed by atoms with Crippen LogP contribution in [-0.2, 0) is 6.61 Å². The smallest absolute Gasteiger partial charge is 0.339 e. The van der Waals surface area contributed by atoms with Crippen molar-refractivity contribution in [1.82, 2.24) is 9.97 Å². The predicted molar refractivity (Wildman–Crippen MR) is 77.3 cm³/mol. The predicted octanol–water partition coefficient (Wildman–Crippen LogP) is 2.91. The Morgan fingerprint density at radius 3 is 2.62 bits per heavy atom. The van der Waals surface area contributed by atoms with Crippen LogP contribution >= 0.6 is 0 Å². The van der Waals surface area contributed by atoms with Gasteiger partial charge in [0.1, 0.15) is 17.9 Å². The van der Waals surface area contributed by atoms with Gasteiger partial charge < -0.3 is 9.84 Å². The van der Waals surface area contributed by atoms with Crippen molar-refractivity contribution in [2.45, 2.75) is 6.61 Å². The number of fused-ring (bicyclic) bond motifs is 1. The molecule has 0 saturated heterocycles. The fraction of sp³-hybridized carbons (Fsp3) is 0.0625. The zero-order chi connectivity index (χ0) is 14.7. The molecule has 0 radical (unpaired) electrons. The molecule has 104 valence electrons. The lowest BCUT2D eigenvalue weighted by Crippen LogP contribution is -2.03. The molecule has 1 N–H and O–H groups in total. The molecule has 0 unspecified atom stereocenters. The highest BCUT2D eigenvalue weighted by molar-refractivity contribution is 5.90. The van der Waals surface area contributed by atoms with Crippen LogP contribution in [0.4, 0.5) is 0 Å². The summed E-state index contributed by atoms with van der Waals surface area (Å²) in [5.74, 6) is -0.653. The minimum Gasteiger partial charge on any atom is -0.488 e.